The van der Waals surface area contributed by atoms with Crippen LogP contribution in [0.25, 0.3) is 0 Å². The van der Waals surface area contributed by atoms with Crippen LogP contribution in [-0.4, -0.2) is 11.8 Å². The predicted octanol–water partition coefficient (Wildman–Crippen LogP) is 4.39. The van der Waals surface area contributed by atoms with E-state index in [4.69, 9.17) is 0 Å². The van der Waals surface area contributed by atoms with Crippen LogP contribution in [0.3, 0.4) is 0 Å². The molecule has 0 aliphatic heterocycles. The molecule has 17 heavy (non-hydrogen) atoms. The Hall–Kier alpha value is -0.470. The van der Waals surface area contributed by atoms with Gasteiger partial charge in [-0.15, -0.1) is 11.8 Å². The summed E-state index contributed by atoms with van der Waals surface area (Å²) in [6.45, 7) is 11.0. The third-order valence-electron chi connectivity index (χ3n) is 2.97. The van der Waals surface area contributed by atoms with Crippen molar-refractivity contribution in [2.45, 2.75) is 57.2 Å². The van der Waals surface area contributed by atoms with Crippen LogP contribution in [-0.2, 0) is 6.54 Å². The molecule has 1 unspecified atom stereocenters. The maximum Gasteiger partial charge on any atom is 0.0208 e. The Morgan fingerprint density at radius 1 is 1.29 bits per heavy atom. The van der Waals surface area contributed by atoms with Crippen molar-refractivity contribution < 1.29 is 0 Å². The molecule has 96 valence electrons. The zero-order valence-electron chi connectivity index (χ0n) is 11.5. The average Bonchev–Trinajstić information content (AvgIpc) is 2.32. The molecule has 1 N–H and O–H groups in total. The van der Waals surface area contributed by atoms with Crippen molar-refractivity contribution in [1.82, 2.24) is 5.32 Å². The Bertz CT molecular complexity index is 336. The monoisotopic (exact) mass is 251 g/mol. The largest absolute Gasteiger partial charge is 0.313 e. The fourth-order valence-corrected chi connectivity index (χ4v) is 2.68. The average molecular weight is 251 g/mol. The molecule has 0 amide bonds. The Morgan fingerprint density at radius 2 is 2.06 bits per heavy atom. The van der Waals surface area contributed by atoms with Gasteiger partial charge in [0, 0.05) is 16.7 Å². The highest BCUT2D eigenvalue weighted by Gasteiger charge is 2.04. The molecule has 0 bridgehead atoms. The summed E-state index contributed by atoms with van der Waals surface area (Å²) < 4.78 is 0. The summed E-state index contributed by atoms with van der Waals surface area (Å²) in [7, 11) is 0. The van der Waals surface area contributed by atoms with Gasteiger partial charge in [-0.1, -0.05) is 26.8 Å². The van der Waals surface area contributed by atoms with Gasteiger partial charge in [-0.3, -0.25) is 0 Å². The van der Waals surface area contributed by atoms with E-state index in [0.717, 1.165) is 13.1 Å². The minimum absolute atomic E-state index is 0.707. The topological polar surface area (TPSA) is 12.0 Å². The standard InChI is InChI=1S/C15H25NS/c1-5-9-16-11-14-7-8-15(10-12(14)3)17-13(4)6-2/h7-8,10,13,16H,5-6,9,11H2,1-4H3. The highest BCUT2D eigenvalue weighted by Crippen LogP contribution is 2.26. The Morgan fingerprint density at radius 3 is 2.65 bits per heavy atom. The van der Waals surface area contributed by atoms with Gasteiger partial charge in [0.1, 0.15) is 0 Å². The van der Waals surface area contributed by atoms with Crippen molar-refractivity contribution in [3.05, 3.63) is 29.3 Å². The molecule has 1 aromatic carbocycles. The van der Waals surface area contributed by atoms with E-state index in [-0.39, 0.29) is 0 Å². The zero-order valence-corrected chi connectivity index (χ0v) is 12.4. The van der Waals surface area contributed by atoms with Crippen LogP contribution in [0, 0.1) is 6.92 Å². The first-order valence-electron chi connectivity index (χ1n) is 6.64. The van der Waals surface area contributed by atoms with Gasteiger partial charge in [0.25, 0.3) is 0 Å². The van der Waals surface area contributed by atoms with E-state index < -0.39 is 0 Å². The second-order valence-electron chi connectivity index (χ2n) is 4.60. The summed E-state index contributed by atoms with van der Waals surface area (Å²) in [6, 6.07) is 6.84. The lowest BCUT2D eigenvalue weighted by atomic mass is 10.1. The van der Waals surface area contributed by atoms with Gasteiger partial charge in [0.15, 0.2) is 0 Å². The maximum absolute atomic E-state index is 3.46. The third-order valence-corrected chi connectivity index (χ3v) is 4.23. The summed E-state index contributed by atoms with van der Waals surface area (Å²) in [5.41, 5.74) is 2.83. The van der Waals surface area contributed by atoms with Crippen molar-refractivity contribution in [3.8, 4) is 0 Å². The molecule has 0 aliphatic carbocycles. The second-order valence-corrected chi connectivity index (χ2v) is 6.11. The summed E-state index contributed by atoms with van der Waals surface area (Å²) in [6.07, 6.45) is 2.42. The Kier molecular flexibility index (Phi) is 6.68. The molecule has 1 rings (SSSR count). The van der Waals surface area contributed by atoms with E-state index in [1.54, 1.807) is 0 Å². The lowest BCUT2D eigenvalue weighted by Gasteiger charge is -2.12. The van der Waals surface area contributed by atoms with E-state index in [9.17, 15) is 0 Å². The van der Waals surface area contributed by atoms with Crippen LogP contribution in [0.2, 0.25) is 0 Å². The van der Waals surface area contributed by atoms with Gasteiger partial charge in [0.2, 0.25) is 0 Å². The first-order valence-corrected chi connectivity index (χ1v) is 7.52. The van der Waals surface area contributed by atoms with E-state index in [0.29, 0.717) is 5.25 Å². The van der Waals surface area contributed by atoms with Crippen LogP contribution in [0.1, 0.15) is 44.7 Å². The lowest BCUT2D eigenvalue weighted by Crippen LogP contribution is -2.14. The molecule has 0 aromatic heterocycles. The van der Waals surface area contributed by atoms with Crippen LogP contribution >= 0.6 is 11.8 Å². The van der Waals surface area contributed by atoms with Crippen LogP contribution in [0.15, 0.2) is 23.1 Å². The lowest BCUT2D eigenvalue weighted by molar-refractivity contribution is 0.673. The molecular weight excluding hydrogens is 226 g/mol. The van der Waals surface area contributed by atoms with Gasteiger partial charge in [-0.2, -0.15) is 0 Å². The minimum Gasteiger partial charge on any atom is -0.313 e. The summed E-state index contributed by atoms with van der Waals surface area (Å²) in [4.78, 5) is 1.40. The molecule has 1 atom stereocenters. The fourth-order valence-electron chi connectivity index (χ4n) is 1.66. The van der Waals surface area contributed by atoms with Gasteiger partial charge < -0.3 is 5.32 Å². The van der Waals surface area contributed by atoms with Crippen molar-refractivity contribution in [2.75, 3.05) is 6.54 Å². The maximum atomic E-state index is 3.46. The number of hydrogen-bond donors (Lipinski definition) is 1. The van der Waals surface area contributed by atoms with E-state index in [1.807, 2.05) is 11.8 Å². The highest BCUT2D eigenvalue weighted by atomic mass is 32.2. The fraction of sp³-hybridized carbons (Fsp3) is 0.600. The predicted molar refractivity (Wildman–Crippen MR) is 78.8 cm³/mol. The van der Waals surface area contributed by atoms with Crippen molar-refractivity contribution >= 4 is 11.8 Å². The number of benzene rings is 1. The smallest absolute Gasteiger partial charge is 0.0208 e. The van der Waals surface area contributed by atoms with E-state index in [2.05, 4.69) is 51.2 Å². The summed E-state index contributed by atoms with van der Waals surface area (Å²) in [5.74, 6) is 0. The van der Waals surface area contributed by atoms with Crippen LogP contribution < -0.4 is 5.32 Å². The van der Waals surface area contributed by atoms with Gasteiger partial charge in [-0.05, 0) is 49.6 Å². The summed E-state index contributed by atoms with van der Waals surface area (Å²) >= 11 is 1.97. The van der Waals surface area contributed by atoms with Crippen molar-refractivity contribution in [2.24, 2.45) is 0 Å². The first-order chi connectivity index (χ1) is 8.17. The van der Waals surface area contributed by atoms with E-state index >= 15 is 0 Å². The molecule has 2 heteroatoms. The molecule has 0 heterocycles. The molecule has 1 aromatic rings. The number of hydrogen-bond acceptors (Lipinski definition) is 2. The first kappa shape index (κ1) is 14.6. The quantitative estimate of drug-likeness (QED) is 0.570. The number of rotatable bonds is 7. The minimum atomic E-state index is 0.707. The Labute approximate surface area is 110 Å². The Balaban J connectivity index is 2.59. The van der Waals surface area contributed by atoms with Gasteiger partial charge in [0.05, 0.1) is 0 Å². The number of thioether (sulfide) groups is 1. The molecule has 1 nitrogen and oxygen atoms in total. The SMILES string of the molecule is CCCNCc1ccc(SC(C)CC)cc1C. The zero-order chi connectivity index (χ0) is 12.7. The van der Waals surface area contributed by atoms with E-state index in [1.165, 1.54) is 28.9 Å². The second kappa shape index (κ2) is 7.78. The molecule has 0 aliphatic rings. The van der Waals surface area contributed by atoms with Crippen molar-refractivity contribution in [1.29, 1.82) is 0 Å². The van der Waals surface area contributed by atoms with Gasteiger partial charge >= 0.3 is 0 Å². The van der Waals surface area contributed by atoms with Crippen LogP contribution in [0.5, 0.6) is 0 Å². The third kappa shape index (κ3) is 5.13. The number of aryl methyl sites for hydroxylation is 1. The molecule has 0 saturated carbocycles. The molecule has 0 radical (unpaired) electrons. The normalized spacial score (nSPS) is 12.7. The molecular formula is C15H25NS. The molecule has 0 fully saturated rings. The van der Waals surface area contributed by atoms with Gasteiger partial charge in [-0.25, -0.2) is 0 Å². The summed E-state index contributed by atoms with van der Waals surface area (Å²) in [5, 5.41) is 4.16. The van der Waals surface area contributed by atoms with Crippen molar-refractivity contribution in [3.63, 3.8) is 0 Å². The highest BCUT2D eigenvalue weighted by molar-refractivity contribution is 7.99. The number of nitrogens with one attached hydrogen (secondary N) is 1. The molecule has 0 spiro atoms. The van der Waals surface area contributed by atoms with Crippen LogP contribution in [0.4, 0.5) is 0 Å². The molecule has 0 saturated heterocycles.